The Labute approximate surface area is 131 Å². The van der Waals surface area contributed by atoms with E-state index in [1.165, 1.54) is 3.57 Å². The molecule has 1 aliphatic rings. The first-order valence-electron chi connectivity index (χ1n) is 6.55. The molecule has 0 bridgehead atoms. The fourth-order valence-electron chi connectivity index (χ4n) is 2.02. The fraction of sp³-hybridized carbons (Fsp3) is 0.286. The molecule has 6 heteroatoms. The van der Waals surface area contributed by atoms with Crippen molar-refractivity contribution in [3.8, 4) is 0 Å². The van der Waals surface area contributed by atoms with Gasteiger partial charge in [-0.3, -0.25) is 0 Å². The number of hydrogen-bond acceptors (Lipinski definition) is 5. The van der Waals surface area contributed by atoms with Crippen LogP contribution in [-0.2, 0) is 0 Å². The molecule has 1 saturated carbocycles. The van der Waals surface area contributed by atoms with E-state index in [0.717, 1.165) is 35.7 Å². The summed E-state index contributed by atoms with van der Waals surface area (Å²) in [6.45, 7) is 1.96. The standard InChI is InChI=1S/C14H16IN5/c1-8-12(17-11-4-2-3-10(15)7-11)18-14(9-5-6-9)19-13(8)20-16/h2-4,7,9H,5-6,16H2,1H3,(H2,17,18,19,20). The van der Waals surface area contributed by atoms with Crippen LogP contribution >= 0.6 is 22.6 Å². The van der Waals surface area contributed by atoms with E-state index in [-0.39, 0.29) is 0 Å². The van der Waals surface area contributed by atoms with Gasteiger partial charge in [-0.05, 0) is 60.6 Å². The number of nitrogens with two attached hydrogens (primary N) is 1. The van der Waals surface area contributed by atoms with E-state index >= 15 is 0 Å². The van der Waals surface area contributed by atoms with Gasteiger partial charge in [0, 0.05) is 20.7 Å². The molecule has 0 aliphatic heterocycles. The Morgan fingerprint density at radius 3 is 2.65 bits per heavy atom. The van der Waals surface area contributed by atoms with Crippen molar-refractivity contribution in [1.29, 1.82) is 0 Å². The van der Waals surface area contributed by atoms with E-state index in [2.05, 4.69) is 55.4 Å². The van der Waals surface area contributed by atoms with E-state index in [0.29, 0.717) is 11.7 Å². The van der Waals surface area contributed by atoms with Crippen molar-refractivity contribution in [3.05, 3.63) is 39.2 Å². The van der Waals surface area contributed by atoms with Gasteiger partial charge < -0.3 is 10.7 Å². The molecule has 20 heavy (non-hydrogen) atoms. The van der Waals surface area contributed by atoms with E-state index in [1.807, 2.05) is 19.1 Å². The molecular formula is C14H16IN5. The third-order valence-electron chi connectivity index (χ3n) is 3.33. The molecule has 2 aromatic rings. The second-order valence-electron chi connectivity index (χ2n) is 4.96. The summed E-state index contributed by atoms with van der Waals surface area (Å²) >= 11 is 2.29. The maximum atomic E-state index is 5.56. The van der Waals surface area contributed by atoms with Crippen molar-refractivity contribution in [3.63, 3.8) is 0 Å². The fourth-order valence-corrected chi connectivity index (χ4v) is 2.57. The van der Waals surface area contributed by atoms with Gasteiger partial charge in [-0.15, -0.1) is 0 Å². The smallest absolute Gasteiger partial charge is 0.148 e. The van der Waals surface area contributed by atoms with Gasteiger partial charge >= 0.3 is 0 Å². The van der Waals surface area contributed by atoms with Crippen LogP contribution in [0.1, 0.15) is 30.1 Å². The van der Waals surface area contributed by atoms with Gasteiger partial charge in [0.25, 0.3) is 0 Å². The molecule has 104 valence electrons. The van der Waals surface area contributed by atoms with Crippen LogP contribution in [-0.4, -0.2) is 9.97 Å². The Kier molecular flexibility index (Phi) is 3.75. The lowest BCUT2D eigenvalue weighted by molar-refractivity contribution is 0.920. The topological polar surface area (TPSA) is 75.9 Å². The van der Waals surface area contributed by atoms with E-state index < -0.39 is 0 Å². The Hall–Kier alpha value is -1.41. The zero-order chi connectivity index (χ0) is 14.1. The monoisotopic (exact) mass is 381 g/mol. The van der Waals surface area contributed by atoms with Crippen LogP contribution in [0, 0.1) is 10.5 Å². The maximum Gasteiger partial charge on any atom is 0.148 e. The Morgan fingerprint density at radius 2 is 2.00 bits per heavy atom. The van der Waals surface area contributed by atoms with Crippen LogP contribution in [0.5, 0.6) is 0 Å². The summed E-state index contributed by atoms with van der Waals surface area (Å²) in [5.74, 6) is 8.42. The molecule has 1 aromatic carbocycles. The number of rotatable bonds is 4. The molecule has 0 unspecified atom stereocenters. The van der Waals surface area contributed by atoms with Crippen molar-refractivity contribution in [2.24, 2.45) is 5.84 Å². The largest absolute Gasteiger partial charge is 0.340 e. The van der Waals surface area contributed by atoms with Crippen LogP contribution in [0.3, 0.4) is 0 Å². The molecule has 1 fully saturated rings. The Balaban J connectivity index is 1.97. The number of hydrogen-bond donors (Lipinski definition) is 3. The number of nitrogens with zero attached hydrogens (tertiary/aromatic N) is 2. The Morgan fingerprint density at radius 1 is 1.25 bits per heavy atom. The van der Waals surface area contributed by atoms with Crippen LogP contribution < -0.4 is 16.6 Å². The molecule has 0 saturated heterocycles. The number of anilines is 3. The molecule has 1 aliphatic carbocycles. The highest BCUT2D eigenvalue weighted by Gasteiger charge is 2.28. The molecule has 4 N–H and O–H groups in total. The predicted molar refractivity (Wildman–Crippen MR) is 89.0 cm³/mol. The first-order valence-corrected chi connectivity index (χ1v) is 7.63. The molecule has 0 spiro atoms. The molecule has 3 rings (SSSR count). The molecule has 5 nitrogen and oxygen atoms in total. The zero-order valence-electron chi connectivity index (χ0n) is 11.2. The average Bonchev–Trinajstić information content (AvgIpc) is 3.25. The van der Waals surface area contributed by atoms with Gasteiger partial charge in [-0.1, -0.05) is 6.07 Å². The lowest BCUT2D eigenvalue weighted by Crippen LogP contribution is -2.13. The maximum absolute atomic E-state index is 5.56. The normalized spacial score (nSPS) is 14.2. The summed E-state index contributed by atoms with van der Waals surface area (Å²) < 4.78 is 1.18. The van der Waals surface area contributed by atoms with E-state index in [1.54, 1.807) is 0 Å². The van der Waals surface area contributed by atoms with Gasteiger partial charge in [0.1, 0.15) is 17.5 Å². The van der Waals surface area contributed by atoms with Crippen LogP contribution in [0.4, 0.5) is 17.3 Å². The van der Waals surface area contributed by atoms with Crippen molar-refractivity contribution >= 4 is 39.9 Å². The molecule has 0 atom stereocenters. The third kappa shape index (κ3) is 2.85. The minimum atomic E-state index is 0.485. The Bertz CT molecular complexity index is 639. The van der Waals surface area contributed by atoms with Crippen LogP contribution in [0.15, 0.2) is 24.3 Å². The van der Waals surface area contributed by atoms with E-state index in [9.17, 15) is 0 Å². The minimum Gasteiger partial charge on any atom is -0.340 e. The highest BCUT2D eigenvalue weighted by atomic mass is 127. The quantitative estimate of drug-likeness (QED) is 0.431. The lowest BCUT2D eigenvalue weighted by Gasteiger charge is -2.13. The number of halogens is 1. The highest BCUT2D eigenvalue weighted by Crippen LogP contribution is 2.39. The van der Waals surface area contributed by atoms with Crippen molar-refractivity contribution in [2.45, 2.75) is 25.7 Å². The SMILES string of the molecule is Cc1c(NN)nc(C2CC2)nc1Nc1cccc(I)c1. The number of hydrazine groups is 1. The predicted octanol–water partition coefficient (Wildman–Crippen LogP) is 3.30. The van der Waals surface area contributed by atoms with Crippen molar-refractivity contribution < 1.29 is 0 Å². The number of nitrogen functional groups attached to an aromatic ring is 1. The summed E-state index contributed by atoms with van der Waals surface area (Å²) in [4.78, 5) is 9.13. The van der Waals surface area contributed by atoms with Gasteiger partial charge in [-0.25, -0.2) is 15.8 Å². The summed E-state index contributed by atoms with van der Waals surface area (Å²) in [5.41, 5.74) is 4.61. The second-order valence-corrected chi connectivity index (χ2v) is 6.20. The molecule has 1 heterocycles. The van der Waals surface area contributed by atoms with Crippen molar-refractivity contribution in [1.82, 2.24) is 9.97 Å². The summed E-state index contributed by atoms with van der Waals surface area (Å²) in [7, 11) is 0. The molecular weight excluding hydrogens is 365 g/mol. The molecule has 1 aromatic heterocycles. The molecule has 0 radical (unpaired) electrons. The van der Waals surface area contributed by atoms with E-state index in [4.69, 9.17) is 5.84 Å². The van der Waals surface area contributed by atoms with Gasteiger partial charge in [0.15, 0.2) is 0 Å². The summed E-state index contributed by atoms with van der Waals surface area (Å²) in [5, 5.41) is 3.36. The van der Waals surface area contributed by atoms with Gasteiger partial charge in [0.2, 0.25) is 0 Å². The first-order chi connectivity index (χ1) is 9.67. The highest BCUT2D eigenvalue weighted by molar-refractivity contribution is 14.1. The number of benzene rings is 1. The average molecular weight is 381 g/mol. The van der Waals surface area contributed by atoms with Crippen LogP contribution in [0.25, 0.3) is 0 Å². The third-order valence-corrected chi connectivity index (χ3v) is 4.00. The zero-order valence-corrected chi connectivity index (χ0v) is 13.3. The number of nitrogens with one attached hydrogen (secondary N) is 2. The first kappa shape index (κ1) is 13.6. The van der Waals surface area contributed by atoms with Gasteiger partial charge in [0.05, 0.1) is 0 Å². The number of aromatic nitrogens is 2. The summed E-state index contributed by atoms with van der Waals surface area (Å²) in [6, 6.07) is 8.18. The minimum absolute atomic E-state index is 0.485. The lowest BCUT2D eigenvalue weighted by atomic mass is 10.2. The summed E-state index contributed by atoms with van der Waals surface area (Å²) in [6.07, 6.45) is 2.32. The van der Waals surface area contributed by atoms with Gasteiger partial charge in [-0.2, -0.15) is 0 Å². The van der Waals surface area contributed by atoms with Crippen LogP contribution in [0.2, 0.25) is 0 Å². The molecule has 0 amide bonds. The van der Waals surface area contributed by atoms with Crippen molar-refractivity contribution in [2.75, 3.05) is 10.7 Å². The second kappa shape index (κ2) is 5.53.